The molecule has 146 valence electrons. The fraction of sp³-hybridized carbons (Fsp3) is 0.174. The van der Waals surface area contributed by atoms with Crippen LogP contribution in [-0.4, -0.2) is 22.4 Å². The molecule has 2 heterocycles. The Balaban J connectivity index is 1.56. The minimum atomic E-state index is -0.106. The van der Waals surface area contributed by atoms with Gasteiger partial charge in [0.05, 0.1) is 11.9 Å². The summed E-state index contributed by atoms with van der Waals surface area (Å²) in [5.74, 6) is 1.25. The number of para-hydroxylation sites is 1. The molecule has 4 aromatic rings. The lowest BCUT2D eigenvalue weighted by molar-refractivity contribution is -0.114. The van der Waals surface area contributed by atoms with Crippen LogP contribution in [0.1, 0.15) is 17.0 Å². The molecular formula is C23H22N4OS. The molecule has 2 aromatic heterocycles. The van der Waals surface area contributed by atoms with Crippen LogP contribution in [0.25, 0.3) is 20.7 Å². The summed E-state index contributed by atoms with van der Waals surface area (Å²) >= 11 is 1.63. The summed E-state index contributed by atoms with van der Waals surface area (Å²) in [6, 6.07) is 18.3. The lowest BCUT2D eigenvalue weighted by Gasteiger charge is -2.12. The quantitative estimate of drug-likeness (QED) is 0.473. The summed E-state index contributed by atoms with van der Waals surface area (Å²) < 4.78 is 0. The van der Waals surface area contributed by atoms with Gasteiger partial charge in [-0.1, -0.05) is 48.5 Å². The fourth-order valence-corrected chi connectivity index (χ4v) is 4.35. The molecule has 0 aliphatic heterocycles. The smallest absolute Gasteiger partial charge is 0.243 e. The van der Waals surface area contributed by atoms with E-state index >= 15 is 0 Å². The maximum Gasteiger partial charge on any atom is 0.243 e. The molecule has 0 saturated heterocycles. The highest BCUT2D eigenvalue weighted by molar-refractivity contribution is 7.21. The molecule has 0 fully saturated rings. The maximum atomic E-state index is 12.5. The summed E-state index contributed by atoms with van der Waals surface area (Å²) in [7, 11) is 0. The second-order valence-electron chi connectivity index (χ2n) is 6.98. The van der Waals surface area contributed by atoms with Gasteiger partial charge in [0.15, 0.2) is 0 Å². The average molecular weight is 403 g/mol. The summed E-state index contributed by atoms with van der Waals surface area (Å²) in [6.45, 7) is 5.98. The number of rotatable bonds is 5. The minimum absolute atomic E-state index is 0.106. The molecule has 0 aliphatic rings. The van der Waals surface area contributed by atoms with E-state index in [-0.39, 0.29) is 12.5 Å². The van der Waals surface area contributed by atoms with Crippen molar-refractivity contribution in [2.24, 2.45) is 0 Å². The number of aromatic nitrogens is 2. The van der Waals surface area contributed by atoms with E-state index in [0.29, 0.717) is 11.6 Å². The Bertz CT molecular complexity index is 1160. The summed E-state index contributed by atoms with van der Waals surface area (Å²) in [5.41, 5.74) is 4.10. The van der Waals surface area contributed by atoms with Crippen LogP contribution in [0.3, 0.4) is 0 Å². The number of amides is 1. The van der Waals surface area contributed by atoms with Crippen molar-refractivity contribution in [3.05, 3.63) is 71.5 Å². The Labute approximate surface area is 173 Å². The topological polar surface area (TPSA) is 66.9 Å². The molecule has 2 N–H and O–H groups in total. The molecule has 1 amide bonds. The predicted molar refractivity (Wildman–Crippen MR) is 121 cm³/mol. The largest absolute Gasteiger partial charge is 0.360 e. The van der Waals surface area contributed by atoms with Crippen molar-refractivity contribution in [1.82, 2.24) is 9.97 Å². The molecular weight excluding hydrogens is 380 g/mol. The lowest BCUT2D eigenvalue weighted by atomic mass is 10.1. The van der Waals surface area contributed by atoms with E-state index < -0.39 is 0 Å². The minimum Gasteiger partial charge on any atom is -0.360 e. The normalized spacial score (nSPS) is 10.9. The number of nitrogens with one attached hydrogen (secondary N) is 2. The van der Waals surface area contributed by atoms with Crippen molar-refractivity contribution < 1.29 is 4.79 Å². The SMILES string of the molecule is Cc1nc(NCC(=O)Nc2c(C)cccc2C)c2cc(-c3ccccc3)sc2n1. The molecule has 6 heteroatoms. The zero-order chi connectivity index (χ0) is 20.4. The highest BCUT2D eigenvalue weighted by Gasteiger charge is 2.13. The van der Waals surface area contributed by atoms with Crippen LogP contribution in [0.5, 0.6) is 0 Å². The van der Waals surface area contributed by atoms with Crippen molar-refractivity contribution in [3.63, 3.8) is 0 Å². The van der Waals surface area contributed by atoms with E-state index in [0.717, 1.165) is 37.5 Å². The van der Waals surface area contributed by atoms with Crippen LogP contribution in [0.15, 0.2) is 54.6 Å². The van der Waals surface area contributed by atoms with Gasteiger partial charge in [-0.15, -0.1) is 11.3 Å². The number of carbonyl (C=O) groups excluding carboxylic acids is 1. The number of fused-ring (bicyclic) bond motifs is 1. The molecule has 0 spiro atoms. The third kappa shape index (κ3) is 4.12. The second-order valence-corrected chi connectivity index (χ2v) is 8.01. The second kappa shape index (κ2) is 8.01. The zero-order valence-corrected chi connectivity index (χ0v) is 17.4. The summed E-state index contributed by atoms with van der Waals surface area (Å²) in [4.78, 5) is 23.7. The Morgan fingerprint density at radius 3 is 2.41 bits per heavy atom. The van der Waals surface area contributed by atoms with Gasteiger partial charge >= 0.3 is 0 Å². The Morgan fingerprint density at radius 1 is 0.966 bits per heavy atom. The van der Waals surface area contributed by atoms with Crippen molar-refractivity contribution in [2.45, 2.75) is 20.8 Å². The maximum absolute atomic E-state index is 12.5. The number of hydrogen-bond acceptors (Lipinski definition) is 5. The van der Waals surface area contributed by atoms with Crippen LogP contribution in [0.2, 0.25) is 0 Å². The molecule has 5 nitrogen and oxygen atoms in total. The van der Waals surface area contributed by atoms with Gasteiger partial charge in [0.2, 0.25) is 5.91 Å². The van der Waals surface area contributed by atoms with Crippen LogP contribution >= 0.6 is 11.3 Å². The Hall–Kier alpha value is -3.25. The monoisotopic (exact) mass is 402 g/mol. The summed E-state index contributed by atoms with van der Waals surface area (Å²) in [5, 5.41) is 7.13. The first-order valence-corrected chi connectivity index (χ1v) is 10.3. The number of benzene rings is 2. The average Bonchev–Trinajstić information content (AvgIpc) is 3.14. The third-order valence-electron chi connectivity index (χ3n) is 4.72. The van der Waals surface area contributed by atoms with E-state index in [1.54, 1.807) is 11.3 Å². The number of carbonyl (C=O) groups is 1. The van der Waals surface area contributed by atoms with E-state index in [1.807, 2.05) is 57.2 Å². The Kier molecular flexibility index (Phi) is 5.27. The van der Waals surface area contributed by atoms with Gasteiger partial charge in [-0.05, 0) is 43.5 Å². The van der Waals surface area contributed by atoms with Gasteiger partial charge in [-0.3, -0.25) is 4.79 Å². The molecule has 0 atom stereocenters. The third-order valence-corrected chi connectivity index (χ3v) is 5.80. The molecule has 2 aromatic carbocycles. The predicted octanol–water partition coefficient (Wildman–Crippen LogP) is 5.33. The standard InChI is InChI=1S/C23H22N4OS/c1-14-8-7-9-15(2)21(14)27-20(28)13-24-22-18-12-19(17-10-5-4-6-11-17)29-23(18)26-16(3)25-22/h4-12H,13H2,1-3H3,(H,27,28)(H,24,25,26). The van der Waals surface area contributed by atoms with Crippen molar-refractivity contribution >= 4 is 39.0 Å². The van der Waals surface area contributed by atoms with Gasteiger partial charge < -0.3 is 10.6 Å². The number of nitrogens with zero attached hydrogens (tertiary/aromatic N) is 2. The lowest BCUT2D eigenvalue weighted by Crippen LogP contribution is -2.23. The number of anilines is 2. The number of aryl methyl sites for hydroxylation is 3. The van der Waals surface area contributed by atoms with Crippen LogP contribution in [-0.2, 0) is 4.79 Å². The molecule has 0 aliphatic carbocycles. The molecule has 0 radical (unpaired) electrons. The fourth-order valence-electron chi connectivity index (χ4n) is 3.27. The molecule has 0 bridgehead atoms. The first-order chi connectivity index (χ1) is 14.0. The zero-order valence-electron chi connectivity index (χ0n) is 16.6. The van der Waals surface area contributed by atoms with E-state index in [2.05, 4.69) is 38.8 Å². The molecule has 29 heavy (non-hydrogen) atoms. The Morgan fingerprint density at radius 2 is 1.69 bits per heavy atom. The number of hydrogen-bond donors (Lipinski definition) is 2. The van der Waals surface area contributed by atoms with Crippen molar-refractivity contribution in [3.8, 4) is 10.4 Å². The van der Waals surface area contributed by atoms with Gasteiger partial charge in [0, 0.05) is 10.6 Å². The van der Waals surface area contributed by atoms with Crippen LogP contribution in [0.4, 0.5) is 11.5 Å². The van der Waals surface area contributed by atoms with Crippen molar-refractivity contribution in [2.75, 3.05) is 17.2 Å². The van der Waals surface area contributed by atoms with Gasteiger partial charge in [0.1, 0.15) is 16.5 Å². The highest BCUT2D eigenvalue weighted by Crippen LogP contribution is 2.35. The number of thiophene rings is 1. The first kappa shape index (κ1) is 19.1. The highest BCUT2D eigenvalue weighted by atomic mass is 32.1. The molecule has 4 rings (SSSR count). The molecule has 0 saturated carbocycles. The molecule has 0 unspecified atom stereocenters. The van der Waals surface area contributed by atoms with E-state index in [9.17, 15) is 4.79 Å². The van der Waals surface area contributed by atoms with Crippen LogP contribution < -0.4 is 10.6 Å². The van der Waals surface area contributed by atoms with Crippen molar-refractivity contribution in [1.29, 1.82) is 0 Å². The van der Waals surface area contributed by atoms with Gasteiger partial charge in [0.25, 0.3) is 0 Å². The van der Waals surface area contributed by atoms with Crippen LogP contribution in [0, 0.1) is 20.8 Å². The first-order valence-electron chi connectivity index (χ1n) is 9.45. The van der Waals surface area contributed by atoms with Gasteiger partial charge in [-0.2, -0.15) is 0 Å². The van der Waals surface area contributed by atoms with Gasteiger partial charge in [-0.25, -0.2) is 9.97 Å². The van der Waals surface area contributed by atoms with E-state index in [1.165, 1.54) is 0 Å². The van der Waals surface area contributed by atoms with E-state index in [4.69, 9.17) is 0 Å². The summed E-state index contributed by atoms with van der Waals surface area (Å²) in [6.07, 6.45) is 0.